The first-order valence-corrected chi connectivity index (χ1v) is 7.79. The van der Waals surface area contributed by atoms with Crippen LogP contribution in [-0.4, -0.2) is 34.9 Å². The Morgan fingerprint density at radius 3 is 2.95 bits per heavy atom. The highest BCUT2D eigenvalue weighted by atomic mass is 32.2. The van der Waals surface area contributed by atoms with E-state index >= 15 is 0 Å². The van der Waals surface area contributed by atoms with E-state index < -0.39 is 17.8 Å². The Kier molecular flexibility index (Phi) is 3.94. The van der Waals surface area contributed by atoms with E-state index in [4.69, 9.17) is 0 Å². The van der Waals surface area contributed by atoms with E-state index in [1.807, 2.05) is 11.8 Å². The van der Waals surface area contributed by atoms with Crippen LogP contribution in [0.5, 0.6) is 0 Å². The average Bonchev–Trinajstić information content (AvgIpc) is 3.03. The molecule has 1 amide bonds. The van der Waals surface area contributed by atoms with Gasteiger partial charge >= 0.3 is 0 Å². The molecule has 3 nitrogen and oxygen atoms in total. The molecular formula is C14H16F2N2OS. The molecule has 2 atom stereocenters. The number of thioether (sulfide) groups is 1. The summed E-state index contributed by atoms with van der Waals surface area (Å²) in [4.78, 5) is 13.7. The maximum absolute atomic E-state index is 13.9. The number of nitrogens with zero attached hydrogens (tertiary/aromatic N) is 1. The average molecular weight is 298 g/mol. The van der Waals surface area contributed by atoms with Crippen LogP contribution in [0.3, 0.4) is 0 Å². The second kappa shape index (κ2) is 5.69. The van der Waals surface area contributed by atoms with Crippen LogP contribution in [0.2, 0.25) is 0 Å². The molecule has 0 radical (unpaired) electrons. The molecule has 0 aliphatic carbocycles. The van der Waals surface area contributed by atoms with Crippen LogP contribution in [0.1, 0.15) is 24.6 Å². The molecule has 1 N–H and O–H groups in total. The number of benzene rings is 1. The lowest BCUT2D eigenvalue weighted by atomic mass is 10.1. The number of halogens is 2. The van der Waals surface area contributed by atoms with Crippen molar-refractivity contribution in [2.24, 2.45) is 0 Å². The summed E-state index contributed by atoms with van der Waals surface area (Å²) in [5.41, 5.74) is 0.334. The summed E-state index contributed by atoms with van der Waals surface area (Å²) in [7, 11) is 0. The molecular weight excluding hydrogens is 282 g/mol. The fraction of sp³-hybridized carbons (Fsp3) is 0.500. The van der Waals surface area contributed by atoms with Gasteiger partial charge in [-0.3, -0.25) is 10.1 Å². The standard InChI is InChI=1S/C14H16F2N2OS/c15-9-3-4-11(12(16)6-9)14-17-7-13(19)18(14)8-10-2-1-5-20-10/h3-4,6,10,14,17H,1-2,5,7-8H2. The maximum Gasteiger partial charge on any atom is 0.238 e. The van der Waals surface area contributed by atoms with E-state index in [1.54, 1.807) is 4.90 Å². The first-order valence-electron chi connectivity index (χ1n) is 6.74. The van der Waals surface area contributed by atoms with Crippen molar-refractivity contribution in [3.05, 3.63) is 35.4 Å². The molecule has 2 unspecified atom stereocenters. The predicted molar refractivity (Wildman–Crippen MR) is 74.3 cm³/mol. The number of carbonyl (C=O) groups is 1. The largest absolute Gasteiger partial charge is 0.321 e. The topological polar surface area (TPSA) is 32.3 Å². The van der Waals surface area contributed by atoms with Gasteiger partial charge in [-0.05, 0) is 30.7 Å². The third-order valence-corrected chi connectivity index (χ3v) is 5.14. The summed E-state index contributed by atoms with van der Waals surface area (Å²) in [5, 5.41) is 3.43. The lowest BCUT2D eigenvalue weighted by Gasteiger charge is -2.27. The summed E-state index contributed by atoms with van der Waals surface area (Å²) in [5.74, 6) is -0.114. The molecule has 0 saturated carbocycles. The summed E-state index contributed by atoms with van der Waals surface area (Å²) >= 11 is 1.86. The molecule has 3 rings (SSSR count). The fourth-order valence-corrected chi connectivity index (χ4v) is 4.02. The van der Waals surface area contributed by atoms with Gasteiger partial charge in [0.2, 0.25) is 5.91 Å². The number of carbonyl (C=O) groups excluding carboxylic acids is 1. The van der Waals surface area contributed by atoms with Crippen LogP contribution < -0.4 is 5.32 Å². The van der Waals surface area contributed by atoms with Crippen LogP contribution in [0.4, 0.5) is 8.78 Å². The van der Waals surface area contributed by atoms with Crippen molar-refractivity contribution >= 4 is 17.7 Å². The van der Waals surface area contributed by atoms with Crippen LogP contribution in [0.25, 0.3) is 0 Å². The Balaban J connectivity index is 1.81. The molecule has 2 aliphatic heterocycles. The monoisotopic (exact) mass is 298 g/mol. The number of nitrogens with one attached hydrogen (secondary N) is 1. The molecule has 6 heteroatoms. The molecule has 0 bridgehead atoms. The fourth-order valence-electron chi connectivity index (χ4n) is 2.76. The van der Waals surface area contributed by atoms with E-state index in [-0.39, 0.29) is 12.5 Å². The zero-order valence-electron chi connectivity index (χ0n) is 10.9. The third-order valence-electron chi connectivity index (χ3n) is 3.76. The van der Waals surface area contributed by atoms with Crippen molar-refractivity contribution in [3.8, 4) is 0 Å². The highest BCUT2D eigenvalue weighted by molar-refractivity contribution is 8.00. The Morgan fingerprint density at radius 1 is 1.40 bits per heavy atom. The SMILES string of the molecule is O=C1CNC(c2ccc(F)cc2F)N1CC1CCCS1. The first kappa shape index (κ1) is 13.8. The normalized spacial score (nSPS) is 26.5. The van der Waals surface area contributed by atoms with Gasteiger partial charge in [-0.1, -0.05) is 0 Å². The van der Waals surface area contributed by atoms with Crippen molar-refractivity contribution < 1.29 is 13.6 Å². The van der Waals surface area contributed by atoms with Gasteiger partial charge in [-0.2, -0.15) is 11.8 Å². The minimum Gasteiger partial charge on any atom is -0.321 e. The number of hydrogen-bond acceptors (Lipinski definition) is 3. The van der Waals surface area contributed by atoms with Gasteiger partial charge in [-0.25, -0.2) is 8.78 Å². The molecule has 20 heavy (non-hydrogen) atoms. The van der Waals surface area contributed by atoms with Gasteiger partial charge in [0.25, 0.3) is 0 Å². The zero-order chi connectivity index (χ0) is 14.1. The minimum atomic E-state index is -0.610. The summed E-state index contributed by atoms with van der Waals surface area (Å²) in [6.07, 6.45) is 1.78. The molecule has 0 aromatic heterocycles. The number of hydrogen-bond donors (Lipinski definition) is 1. The van der Waals surface area contributed by atoms with Crippen LogP contribution in [-0.2, 0) is 4.79 Å². The van der Waals surface area contributed by atoms with Crippen molar-refractivity contribution in [1.29, 1.82) is 0 Å². The number of rotatable bonds is 3. The molecule has 2 heterocycles. The van der Waals surface area contributed by atoms with E-state index in [0.717, 1.165) is 18.2 Å². The van der Waals surface area contributed by atoms with Gasteiger partial charge in [0.15, 0.2) is 0 Å². The van der Waals surface area contributed by atoms with Crippen molar-refractivity contribution in [2.45, 2.75) is 24.3 Å². The Bertz CT molecular complexity index is 520. The lowest BCUT2D eigenvalue weighted by molar-refractivity contribution is -0.128. The maximum atomic E-state index is 13.9. The quantitative estimate of drug-likeness (QED) is 0.929. The summed E-state index contributed by atoms with van der Waals surface area (Å²) < 4.78 is 26.9. The number of amides is 1. The molecule has 2 fully saturated rings. The van der Waals surface area contributed by atoms with E-state index in [2.05, 4.69) is 5.32 Å². The first-order chi connectivity index (χ1) is 9.65. The van der Waals surface area contributed by atoms with Crippen LogP contribution in [0.15, 0.2) is 18.2 Å². The smallest absolute Gasteiger partial charge is 0.238 e. The second-order valence-electron chi connectivity index (χ2n) is 5.13. The molecule has 1 aromatic rings. The van der Waals surface area contributed by atoms with Crippen molar-refractivity contribution in [3.63, 3.8) is 0 Å². The molecule has 0 spiro atoms. The Labute approximate surface area is 120 Å². The van der Waals surface area contributed by atoms with Crippen molar-refractivity contribution in [2.75, 3.05) is 18.8 Å². The summed E-state index contributed by atoms with van der Waals surface area (Å²) in [6, 6.07) is 3.50. The van der Waals surface area contributed by atoms with Crippen molar-refractivity contribution in [1.82, 2.24) is 10.2 Å². The molecule has 1 aromatic carbocycles. The third kappa shape index (κ3) is 2.67. The molecule has 2 aliphatic rings. The lowest BCUT2D eigenvalue weighted by Crippen LogP contribution is -2.35. The van der Waals surface area contributed by atoms with Crippen LogP contribution >= 0.6 is 11.8 Å². The molecule has 108 valence electrons. The van der Waals surface area contributed by atoms with E-state index in [1.165, 1.54) is 18.6 Å². The van der Waals surface area contributed by atoms with E-state index in [9.17, 15) is 13.6 Å². The van der Waals surface area contributed by atoms with Gasteiger partial charge < -0.3 is 4.90 Å². The predicted octanol–water partition coefficient (Wildman–Crippen LogP) is 2.29. The van der Waals surface area contributed by atoms with Gasteiger partial charge in [-0.15, -0.1) is 0 Å². The highest BCUT2D eigenvalue weighted by Crippen LogP contribution is 2.31. The Morgan fingerprint density at radius 2 is 2.25 bits per heavy atom. The second-order valence-corrected chi connectivity index (χ2v) is 6.54. The summed E-state index contributed by atoms with van der Waals surface area (Å²) in [6.45, 7) is 0.830. The molecule has 2 saturated heterocycles. The minimum absolute atomic E-state index is 0.0220. The Hall–Kier alpha value is -1.14. The highest BCUT2D eigenvalue weighted by Gasteiger charge is 2.35. The zero-order valence-corrected chi connectivity index (χ0v) is 11.8. The van der Waals surface area contributed by atoms with Gasteiger partial charge in [0, 0.05) is 23.4 Å². The van der Waals surface area contributed by atoms with Gasteiger partial charge in [0.05, 0.1) is 6.54 Å². The van der Waals surface area contributed by atoms with Gasteiger partial charge in [0.1, 0.15) is 17.8 Å². The van der Waals surface area contributed by atoms with Crippen LogP contribution in [0, 0.1) is 11.6 Å². The van der Waals surface area contributed by atoms with E-state index in [0.29, 0.717) is 17.4 Å².